The van der Waals surface area contributed by atoms with Crippen LogP contribution >= 0.6 is 0 Å². The fourth-order valence-electron chi connectivity index (χ4n) is 1.59. The van der Waals surface area contributed by atoms with Crippen LogP contribution in [0.25, 0.3) is 5.57 Å². The van der Waals surface area contributed by atoms with Crippen LogP contribution in [0.3, 0.4) is 0 Å². The zero-order chi connectivity index (χ0) is 12.0. The summed E-state index contributed by atoms with van der Waals surface area (Å²) >= 11 is 0. The van der Waals surface area contributed by atoms with E-state index in [1.54, 1.807) is 6.20 Å². The van der Waals surface area contributed by atoms with Crippen LogP contribution in [-0.2, 0) is 0 Å². The summed E-state index contributed by atoms with van der Waals surface area (Å²) in [5.74, 6) is 0. The first kappa shape index (κ1) is 12.3. The van der Waals surface area contributed by atoms with Crippen LogP contribution in [0.5, 0.6) is 0 Å². The van der Waals surface area contributed by atoms with Crippen molar-refractivity contribution in [3.8, 4) is 0 Å². The third-order valence-corrected chi connectivity index (χ3v) is 2.41. The van der Waals surface area contributed by atoms with E-state index in [1.807, 2.05) is 19.2 Å². The highest BCUT2D eigenvalue weighted by Gasteiger charge is 2.02. The SMILES string of the molecule is C=CN/C=C(\C=C/C)c1cc(C)ccc1C. The zero-order valence-corrected chi connectivity index (χ0v) is 10.2. The number of nitrogens with one attached hydrogen (secondary N) is 1. The van der Waals surface area contributed by atoms with Crippen molar-refractivity contribution < 1.29 is 0 Å². The number of benzene rings is 1. The van der Waals surface area contributed by atoms with Gasteiger partial charge >= 0.3 is 0 Å². The average molecular weight is 213 g/mol. The molecular formula is C15H19N. The van der Waals surface area contributed by atoms with Crippen molar-refractivity contribution >= 4 is 5.57 Å². The molecule has 1 aromatic carbocycles. The Morgan fingerprint density at radius 1 is 1.31 bits per heavy atom. The second kappa shape index (κ2) is 5.96. The maximum Gasteiger partial charge on any atom is 0.00833 e. The minimum atomic E-state index is 1.17. The van der Waals surface area contributed by atoms with E-state index < -0.39 is 0 Å². The van der Waals surface area contributed by atoms with Crippen molar-refractivity contribution in [3.63, 3.8) is 0 Å². The predicted molar refractivity (Wildman–Crippen MR) is 72.0 cm³/mol. The summed E-state index contributed by atoms with van der Waals surface area (Å²) in [5.41, 5.74) is 4.98. The van der Waals surface area contributed by atoms with Crippen molar-refractivity contribution in [1.29, 1.82) is 0 Å². The molecular weight excluding hydrogens is 194 g/mol. The molecule has 1 aromatic rings. The van der Waals surface area contributed by atoms with Gasteiger partial charge in [0.05, 0.1) is 0 Å². The lowest BCUT2D eigenvalue weighted by atomic mass is 9.98. The van der Waals surface area contributed by atoms with E-state index in [1.165, 1.54) is 22.3 Å². The fraction of sp³-hybridized carbons (Fsp3) is 0.200. The third kappa shape index (κ3) is 3.13. The smallest absolute Gasteiger partial charge is 0.00833 e. The van der Waals surface area contributed by atoms with Gasteiger partial charge in [0, 0.05) is 6.20 Å². The fourth-order valence-corrected chi connectivity index (χ4v) is 1.59. The van der Waals surface area contributed by atoms with Crippen molar-refractivity contribution in [1.82, 2.24) is 5.32 Å². The summed E-state index contributed by atoms with van der Waals surface area (Å²) in [4.78, 5) is 0. The summed E-state index contributed by atoms with van der Waals surface area (Å²) in [7, 11) is 0. The van der Waals surface area contributed by atoms with Gasteiger partial charge in [0.1, 0.15) is 0 Å². The van der Waals surface area contributed by atoms with Crippen LogP contribution in [0, 0.1) is 13.8 Å². The van der Waals surface area contributed by atoms with E-state index in [0.717, 1.165) is 0 Å². The van der Waals surface area contributed by atoms with Gasteiger partial charge in [-0.2, -0.15) is 0 Å². The molecule has 0 radical (unpaired) electrons. The van der Waals surface area contributed by atoms with Crippen LogP contribution < -0.4 is 5.32 Å². The summed E-state index contributed by atoms with van der Waals surface area (Å²) in [6.45, 7) is 9.90. The molecule has 0 aromatic heterocycles. The van der Waals surface area contributed by atoms with Gasteiger partial charge in [0.25, 0.3) is 0 Å². The second-order valence-electron chi connectivity index (χ2n) is 3.79. The Labute approximate surface area is 98.2 Å². The lowest BCUT2D eigenvalue weighted by Crippen LogP contribution is -1.95. The predicted octanol–water partition coefficient (Wildman–Crippen LogP) is 3.95. The maximum atomic E-state index is 3.65. The highest BCUT2D eigenvalue weighted by molar-refractivity contribution is 5.76. The summed E-state index contributed by atoms with van der Waals surface area (Å²) < 4.78 is 0. The Kier molecular flexibility index (Phi) is 4.59. The normalized spacial score (nSPS) is 11.8. The van der Waals surface area contributed by atoms with Crippen LogP contribution in [0.2, 0.25) is 0 Å². The standard InChI is InChI=1S/C15H19N/c1-5-7-14(11-16-6-2)15-10-12(3)8-9-13(15)4/h5-11,16H,2H2,1,3-4H3/b7-5-,14-11+. The number of hydrogen-bond donors (Lipinski definition) is 1. The van der Waals surface area contributed by atoms with Gasteiger partial charge in [-0.15, -0.1) is 0 Å². The van der Waals surface area contributed by atoms with Crippen LogP contribution in [-0.4, -0.2) is 0 Å². The Balaban J connectivity index is 3.19. The molecule has 0 amide bonds. The van der Waals surface area contributed by atoms with E-state index in [4.69, 9.17) is 0 Å². The number of hydrogen-bond acceptors (Lipinski definition) is 1. The van der Waals surface area contributed by atoms with Gasteiger partial charge in [-0.25, -0.2) is 0 Å². The number of aryl methyl sites for hydroxylation is 2. The Morgan fingerprint density at radius 3 is 2.69 bits per heavy atom. The molecule has 0 bridgehead atoms. The molecule has 0 aliphatic rings. The number of rotatable bonds is 4. The highest BCUT2D eigenvalue weighted by atomic mass is 14.8. The van der Waals surface area contributed by atoms with Crippen molar-refractivity contribution in [2.24, 2.45) is 0 Å². The lowest BCUT2D eigenvalue weighted by molar-refractivity contribution is 1.20. The Hall–Kier alpha value is -1.76. The van der Waals surface area contributed by atoms with Crippen molar-refractivity contribution in [3.05, 3.63) is 66.0 Å². The minimum Gasteiger partial charge on any atom is -0.368 e. The van der Waals surface area contributed by atoms with Gasteiger partial charge in [-0.05, 0) is 43.7 Å². The molecule has 0 aliphatic carbocycles. The maximum absolute atomic E-state index is 3.65. The first-order valence-electron chi connectivity index (χ1n) is 5.46. The van der Waals surface area contributed by atoms with E-state index in [0.29, 0.717) is 0 Å². The molecule has 0 fully saturated rings. The molecule has 0 unspecified atom stereocenters. The van der Waals surface area contributed by atoms with Gasteiger partial charge in [-0.3, -0.25) is 0 Å². The minimum absolute atomic E-state index is 1.17. The lowest BCUT2D eigenvalue weighted by Gasteiger charge is -2.08. The van der Waals surface area contributed by atoms with E-state index in [2.05, 4.69) is 50.0 Å². The first-order chi connectivity index (χ1) is 7.69. The Morgan fingerprint density at radius 2 is 2.06 bits per heavy atom. The molecule has 0 saturated carbocycles. The van der Waals surface area contributed by atoms with Crippen LogP contribution in [0.4, 0.5) is 0 Å². The molecule has 1 rings (SSSR count). The van der Waals surface area contributed by atoms with E-state index >= 15 is 0 Å². The molecule has 1 N–H and O–H groups in total. The number of allylic oxidation sites excluding steroid dienone is 3. The van der Waals surface area contributed by atoms with Crippen molar-refractivity contribution in [2.45, 2.75) is 20.8 Å². The third-order valence-electron chi connectivity index (χ3n) is 2.41. The summed E-state index contributed by atoms with van der Waals surface area (Å²) in [6, 6.07) is 6.48. The molecule has 0 heterocycles. The van der Waals surface area contributed by atoms with Gasteiger partial charge in [0.2, 0.25) is 0 Å². The van der Waals surface area contributed by atoms with Crippen molar-refractivity contribution in [2.75, 3.05) is 0 Å². The summed E-state index contributed by atoms with van der Waals surface area (Å²) in [6.07, 6.45) is 7.78. The molecule has 0 atom stereocenters. The first-order valence-corrected chi connectivity index (χ1v) is 5.46. The molecule has 0 saturated heterocycles. The molecule has 0 spiro atoms. The monoisotopic (exact) mass is 213 g/mol. The largest absolute Gasteiger partial charge is 0.368 e. The topological polar surface area (TPSA) is 12.0 Å². The zero-order valence-electron chi connectivity index (χ0n) is 10.2. The van der Waals surface area contributed by atoms with E-state index in [9.17, 15) is 0 Å². The van der Waals surface area contributed by atoms with Gasteiger partial charge in [0.15, 0.2) is 0 Å². The molecule has 0 aliphatic heterocycles. The Bertz CT molecular complexity index is 425. The average Bonchev–Trinajstić information content (AvgIpc) is 2.28. The summed E-state index contributed by atoms with van der Waals surface area (Å²) in [5, 5.41) is 3.03. The molecule has 16 heavy (non-hydrogen) atoms. The second-order valence-corrected chi connectivity index (χ2v) is 3.79. The van der Waals surface area contributed by atoms with Gasteiger partial charge < -0.3 is 5.32 Å². The highest BCUT2D eigenvalue weighted by Crippen LogP contribution is 2.21. The molecule has 84 valence electrons. The molecule has 1 heteroatoms. The quantitative estimate of drug-likeness (QED) is 0.747. The van der Waals surface area contributed by atoms with E-state index in [-0.39, 0.29) is 0 Å². The molecule has 1 nitrogen and oxygen atoms in total. The van der Waals surface area contributed by atoms with Gasteiger partial charge in [-0.1, -0.05) is 42.5 Å². The van der Waals surface area contributed by atoms with Crippen LogP contribution in [0.1, 0.15) is 23.6 Å². The van der Waals surface area contributed by atoms with Crippen LogP contribution in [0.15, 0.2) is 49.3 Å².